The van der Waals surface area contributed by atoms with Gasteiger partial charge in [-0.05, 0) is 19.1 Å². The normalized spacial score (nSPS) is 11.8. The lowest BCUT2D eigenvalue weighted by molar-refractivity contribution is 0.127. The number of alkyl halides is 2. The first-order valence-electron chi connectivity index (χ1n) is 8.75. The highest BCUT2D eigenvalue weighted by molar-refractivity contribution is 5.85. The number of aromatic nitrogens is 6. The van der Waals surface area contributed by atoms with Gasteiger partial charge >= 0.3 is 0 Å². The number of aryl methyl sites for hydroxylation is 1. The molecule has 1 N–H and O–H groups in total. The molecule has 0 radical (unpaired) electrons. The molecular formula is C18H19F2N7O. The molecule has 28 heavy (non-hydrogen) atoms. The fourth-order valence-corrected chi connectivity index (χ4v) is 3.12. The molecule has 8 nitrogen and oxygen atoms in total. The van der Waals surface area contributed by atoms with E-state index in [0.29, 0.717) is 36.1 Å². The van der Waals surface area contributed by atoms with Crippen molar-refractivity contribution in [2.45, 2.75) is 19.9 Å². The molecular weight excluding hydrogens is 368 g/mol. The monoisotopic (exact) mass is 387 g/mol. The number of anilines is 1. The molecule has 0 aromatic carbocycles. The van der Waals surface area contributed by atoms with Gasteiger partial charge in [-0.25, -0.2) is 28.2 Å². The molecule has 0 bridgehead atoms. The molecule has 0 saturated carbocycles. The van der Waals surface area contributed by atoms with Crippen LogP contribution in [0.25, 0.3) is 27.8 Å². The van der Waals surface area contributed by atoms with Crippen LogP contribution in [0.1, 0.15) is 5.82 Å². The predicted octanol–water partition coefficient (Wildman–Crippen LogP) is 2.77. The van der Waals surface area contributed by atoms with Gasteiger partial charge in [-0.3, -0.25) is 0 Å². The first kappa shape index (κ1) is 18.2. The number of rotatable bonds is 7. The molecule has 146 valence electrons. The van der Waals surface area contributed by atoms with Gasteiger partial charge in [-0.1, -0.05) is 0 Å². The van der Waals surface area contributed by atoms with Crippen LogP contribution in [-0.2, 0) is 11.3 Å². The summed E-state index contributed by atoms with van der Waals surface area (Å²) < 4.78 is 34.1. The largest absolute Gasteiger partial charge is 0.383 e. The number of halogens is 2. The van der Waals surface area contributed by atoms with Crippen LogP contribution in [0.2, 0.25) is 0 Å². The topological polar surface area (TPSA) is 82.2 Å². The lowest BCUT2D eigenvalue weighted by atomic mass is 10.1. The summed E-state index contributed by atoms with van der Waals surface area (Å²) in [4.78, 5) is 12.9. The quantitative estimate of drug-likeness (QED) is 0.491. The highest BCUT2D eigenvalue weighted by atomic mass is 19.3. The summed E-state index contributed by atoms with van der Waals surface area (Å²) in [5.74, 6) is 1.00. The molecule has 0 aliphatic carbocycles. The molecule has 4 aromatic rings. The Morgan fingerprint density at radius 1 is 1.21 bits per heavy atom. The standard InChI is InChI=1S/C18H19F2N7O/c1-11-24-17-14(26(11)10-16(19)20)7-12(8-22-17)13-3-5-27-15(13)9-23-18(25-27)21-4-6-28-2/h3,5,7-9,16H,4,6,10H2,1-2H3,(H,21,25). The number of hydrogen-bond acceptors (Lipinski definition) is 6. The summed E-state index contributed by atoms with van der Waals surface area (Å²) in [6.45, 7) is 2.44. The van der Waals surface area contributed by atoms with Crippen molar-refractivity contribution in [2.24, 2.45) is 0 Å². The van der Waals surface area contributed by atoms with E-state index in [1.165, 1.54) is 4.57 Å². The average Bonchev–Trinajstić information content (AvgIpc) is 3.22. The Labute approximate surface area is 159 Å². The van der Waals surface area contributed by atoms with E-state index < -0.39 is 13.0 Å². The first-order valence-corrected chi connectivity index (χ1v) is 8.75. The lowest BCUT2D eigenvalue weighted by Crippen LogP contribution is -2.11. The second kappa shape index (κ2) is 7.47. The minimum Gasteiger partial charge on any atom is -0.383 e. The number of ether oxygens (including phenoxy) is 1. The predicted molar refractivity (Wildman–Crippen MR) is 101 cm³/mol. The van der Waals surface area contributed by atoms with Crippen molar-refractivity contribution in [1.82, 2.24) is 29.1 Å². The molecule has 0 fully saturated rings. The number of methoxy groups -OCH3 is 1. The van der Waals surface area contributed by atoms with Gasteiger partial charge in [-0.2, -0.15) is 0 Å². The zero-order chi connectivity index (χ0) is 19.7. The highest BCUT2D eigenvalue weighted by Gasteiger charge is 2.15. The highest BCUT2D eigenvalue weighted by Crippen LogP contribution is 2.28. The molecule has 4 rings (SSSR count). The molecule has 0 unspecified atom stereocenters. The second-order valence-corrected chi connectivity index (χ2v) is 6.29. The number of fused-ring (bicyclic) bond motifs is 2. The maximum Gasteiger partial charge on any atom is 0.256 e. The summed E-state index contributed by atoms with van der Waals surface area (Å²) in [7, 11) is 1.63. The maximum atomic E-state index is 12.9. The number of nitrogens with zero attached hydrogens (tertiary/aromatic N) is 6. The third kappa shape index (κ3) is 3.38. The van der Waals surface area contributed by atoms with Gasteiger partial charge in [0.25, 0.3) is 6.43 Å². The molecule has 0 saturated heterocycles. The fourth-order valence-electron chi connectivity index (χ4n) is 3.12. The van der Waals surface area contributed by atoms with Crippen LogP contribution in [0.3, 0.4) is 0 Å². The van der Waals surface area contributed by atoms with Crippen molar-refractivity contribution >= 4 is 22.6 Å². The van der Waals surface area contributed by atoms with Crippen LogP contribution in [-0.4, -0.2) is 55.8 Å². The van der Waals surface area contributed by atoms with Crippen molar-refractivity contribution in [2.75, 3.05) is 25.6 Å². The Morgan fingerprint density at radius 3 is 2.86 bits per heavy atom. The van der Waals surface area contributed by atoms with E-state index in [-0.39, 0.29) is 0 Å². The van der Waals surface area contributed by atoms with E-state index in [1.54, 1.807) is 30.9 Å². The van der Waals surface area contributed by atoms with E-state index in [1.807, 2.05) is 18.3 Å². The van der Waals surface area contributed by atoms with E-state index in [2.05, 4.69) is 25.4 Å². The van der Waals surface area contributed by atoms with Crippen LogP contribution in [0.4, 0.5) is 14.7 Å². The fraction of sp³-hybridized carbons (Fsp3) is 0.333. The summed E-state index contributed by atoms with van der Waals surface area (Å²) in [6, 6.07) is 3.72. The third-order valence-corrected chi connectivity index (χ3v) is 4.43. The zero-order valence-electron chi connectivity index (χ0n) is 15.4. The van der Waals surface area contributed by atoms with E-state index in [9.17, 15) is 8.78 Å². The Balaban J connectivity index is 1.72. The Bertz CT molecular complexity index is 1120. The van der Waals surface area contributed by atoms with Gasteiger partial charge < -0.3 is 14.6 Å². The van der Waals surface area contributed by atoms with Crippen molar-refractivity contribution in [3.8, 4) is 11.1 Å². The summed E-state index contributed by atoms with van der Waals surface area (Å²) >= 11 is 0. The van der Waals surface area contributed by atoms with Crippen molar-refractivity contribution in [3.05, 3.63) is 36.5 Å². The summed E-state index contributed by atoms with van der Waals surface area (Å²) in [5, 5.41) is 7.49. The Kier molecular flexibility index (Phi) is 4.86. The molecule has 4 aromatic heterocycles. The van der Waals surface area contributed by atoms with Crippen molar-refractivity contribution in [3.63, 3.8) is 0 Å². The SMILES string of the molecule is COCCNc1ncc2c(-c3cnc4nc(C)n(CC(F)F)c4c3)ccn2n1. The number of nitrogens with one attached hydrogen (secondary N) is 1. The number of pyridine rings is 1. The van der Waals surface area contributed by atoms with Gasteiger partial charge in [0.15, 0.2) is 5.65 Å². The minimum absolute atomic E-state index is 0.413. The third-order valence-electron chi connectivity index (χ3n) is 4.43. The smallest absolute Gasteiger partial charge is 0.256 e. The van der Waals surface area contributed by atoms with E-state index in [0.717, 1.165) is 16.6 Å². The van der Waals surface area contributed by atoms with Gasteiger partial charge in [0, 0.05) is 37.2 Å². The number of hydrogen-bond donors (Lipinski definition) is 1. The van der Waals surface area contributed by atoms with Gasteiger partial charge in [-0.15, -0.1) is 5.10 Å². The molecule has 0 aliphatic heterocycles. The molecule has 0 spiro atoms. The van der Waals surface area contributed by atoms with Crippen LogP contribution in [0, 0.1) is 6.92 Å². The molecule has 10 heteroatoms. The molecule has 0 amide bonds. The van der Waals surface area contributed by atoms with Crippen LogP contribution >= 0.6 is 0 Å². The molecule has 4 heterocycles. The zero-order valence-corrected chi connectivity index (χ0v) is 15.4. The molecule has 0 atom stereocenters. The van der Waals surface area contributed by atoms with E-state index in [4.69, 9.17) is 4.74 Å². The summed E-state index contributed by atoms with van der Waals surface area (Å²) in [5.41, 5.74) is 3.46. The van der Waals surface area contributed by atoms with E-state index >= 15 is 0 Å². The second-order valence-electron chi connectivity index (χ2n) is 6.29. The minimum atomic E-state index is -2.47. The Hall–Kier alpha value is -3.14. The average molecular weight is 387 g/mol. The number of imidazole rings is 1. The Morgan fingerprint density at radius 2 is 2.07 bits per heavy atom. The maximum absolute atomic E-state index is 12.9. The summed E-state index contributed by atoms with van der Waals surface area (Å²) in [6.07, 6.45) is 2.75. The van der Waals surface area contributed by atoms with Crippen molar-refractivity contribution in [1.29, 1.82) is 0 Å². The van der Waals surface area contributed by atoms with Crippen molar-refractivity contribution < 1.29 is 13.5 Å². The first-order chi connectivity index (χ1) is 13.6. The van der Waals surface area contributed by atoms with Crippen LogP contribution < -0.4 is 5.32 Å². The van der Waals surface area contributed by atoms with Crippen LogP contribution in [0.15, 0.2) is 30.7 Å². The van der Waals surface area contributed by atoms with Gasteiger partial charge in [0.1, 0.15) is 5.82 Å². The van der Waals surface area contributed by atoms with Gasteiger partial charge in [0.2, 0.25) is 5.95 Å². The van der Waals surface area contributed by atoms with Gasteiger partial charge in [0.05, 0.1) is 30.4 Å². The molecule has 0 aliphatic rings. The van der Waals surface area contributed by atoms with Crippen LogP contribution in [0.5, 0.6) is 0 Å². The lowest BCUT2D eigenvalue weighted by Gasteiger charge is -2.07.